The Balaban J connectivity index is 2.24. The molecule has 0 N–H and O–H groups in total. The molecule has 1 aromatic carbocycles. The molecule has 0 aliphatic carbocycles. The third kappa shape index (κ3) is 3.81. The van der Waals surface area contributed by atoms with Gasteiger partial charge in [-0.25, -0.2) is 4.79 Å². The Morgan fingerprint density at radius 2 is 1.54 bits per heavy atom. The minimum atomic E-state index is -0.636. The number of hydrogen-bond acceptors (Lipinski definition) is 7. The number of methoxy groups -OCH3 is 3. The van der Waals surface area contributed by atoms with Crippen LogP contribution in [-0.4, -0.2) is 38.0 Å². The Morgan fingerprint density at radius 3 is 2.04 bits per heavy atom. The summed E-state index contributed by atoms with van der Waals surface area (Å²) in [5.41, 5.74) is 1.59. The first-order valence-corrected chi connectivity index (χ1v) is 7.07. The number of pyridine rings is 1. The van der Waals surface area contributed by atoms with E-state index in [9.17, 15) is 4.79 Å². The van der Waals surface area contributed by atoms with E-state index in [1.807, 2.05) is 0 Å². The third-order valence-corrected chi connectivity index (χ3v) is 3.26. The molecule has 1 aromatic heterocycles. The summed E-state index contributed by atoms with van der Waals surface area (Å²) < 4.78 is 15.6. The second-order valence-electron chi connectivity index (χ2n) is 4.71. The molecule has 7 heteroatoms. The summed E-state index contributed by atoms with van der Waals surface area (Å²) in [4.78, 5) is 21.1. The van der Waals surface area contributed by atoms with Gasteiger partial charge in [0, 0.05) is 18.0 Å². The van der Waals surface area contributed by atoms with Crippen LogP contribution < -0.4 is 14.2 Å². The van der Waals surface area contributed by atoms with Crippen LogP contribution in [0.15, 0.2) is 41.8 Å². The van der Waals surface area contributed by atoms with Crippen molar-refractivity contribution in [2.45, 2.75) is 6.92 Å². The second kappa shape index (κ2) is 7.96. The highest BCUT2D eigenvalue weighted by atomic mass is 16.7. The van der Waals surface area contributed by atoms with Crippen LogP contribution in [0.25, 0.3) is 0 Å². The highest BCUT2D eigenvalue weighted by Gasteiger charge is 2.18. The van der Waals surface area contributed by atoms with Gasteiger partial charge in [0.15, 0.2) is 11.5 Å². The molecule has 2 aromatic rings. The fourth-order valence-electron chi connectivity index (χ4n) is 2.01. The van der Waals surface area contributed by atoms with Gasteiger partial charge in [0.25, 0.3) is 0 Å². The van der Waals surface area contributed by atoms with Crippen molar-refractivity contribution in [1.29, 1.82) is 0 Å². The summed E-state index contributed by atoms with van der Waals surface area (Å²) in [6.45, 7) is 1.73. The molecule has 0 amide bonds. The Morgan fingerprint density at radius 1 is 0.958 bits per heavy atom. The number of rotatable bonds is 6. The van der Waals surface area contributed by atoms with Crippen molar-refractivity contribution in [3.05, 3.63) is 47.8 Å². The van der Waals surface area contributed by atoms with Crippen molar-refractivity contribution in [3.8, 4) is 17.2 Å². The first-order chi connectivity index (χ1) is 11.6. The van der Waals surface area contributed by atoms with Crippen LogP contribution in [-0.2, 0) is 4.84 Å². The Hall–Kier alpha value is -3.09. The average molecular weight is 330 g/mol. The zero-order valence-electron chi connectivity index (χ0n) is 13.9. The fraction of sp³-hybridized carbons (Fsp3) is 0.235. The summed E-state index contributed by atoms with van der Waals surface area (Å²) in [6, 6.07) is 6.54. The largest absolute Gasteiger partial charge is 0.493 e. The third-order valence-electron chi connectivity index (χ3n) is 3.26. The number of aromatic nitrogens is 1. The van der Waals surface area contributed by atoms with E-state index in [1.165, 1.54) is 33.5 Å². The first-order valence-electron chi connectivity index (χ1n) is 7.07. The molecule has 7 nitrogen and oxygen atoms in total. The van der Waals surface area contributed by atoms with E-state index in [2.05, 4.69) is 10.1 Å². The molecule has 0 fully saturated rings. The van der Waals surface area contributed by atoms with Gasteiger partial charge >= 0.3 is 5.97 Å². The van der Waals surface area contributed by atoms with Gasteiger partial charge in [0.05, 0.1) is 32.6 Å². The van der Waals surface area contributed by atoms with Gasteiger partial charge in [-0.1, -0.05) is 5.16 Å². The van der Waals surface area contributed by atoms with Crippen molar-refractivity contribution in [2.75, 3.05) is 21.3 Å². The summed E-state index contributed by atoms with van der Waals surface area (Å²) >= 11 is 0. The highest BCUT2D eigenvalue weighted by molar-refractivity contribution is 5.99. The number of nitrogens with zero attached hydrogens (tertiary/aromatic N) is 2. The number of carbonyl (C=O) groups is 1. The van der Waals surface area contributed by atoms with Crippen LogP contribution >= 0.6 is 0 Å². The van der Waals surface area contributed by atoms with Crippen molar-refractivity contribution < 1.29 is 23.8 Å². The first kappa shape index (κ1) is 17.3. The molecule has 0 saturated heterocycles. The normalized spacial score (nSPS) is 10.9. The molecule has 0 spiro atoms. The van der Waals surface area contributed by atoms with E-state index in [0.717, 1.165) is 5.56 Å². The molecule has 0 radical (unpaired) electrons. The standard InChI is InChI=1S/C17H18N2O5/c1-11(12-5-7-18-8-6-12)19-24-17(20)13-9-14(21-2)16(23-4)15(10-13)22-3/h5-10H,1-4H3/b19-11+. The van der Waals surface area contributed by atoms with Crippen molar-refractivity contribution >= 4 is 11.7 Å². The molecule has 0 bridgehead atoms. The molecule has 24 heavy (non-hydrogen) atoms. The van der Waals surface area contributed by atoms with Gasteiger partial charge in [0.2, 0.25) is 5.75 Å². The fourth-order valence-corrected chi connectivity index (χ4v) is 2.01. The number of ether oxygens (including phenoxy) is 3. The summed E-state index contributed by atoms with van der Waals surface area (Å²) in [7, 11) is 4.43. The topological polar surface area (TPSA) is 79.2 Å². The maximum Gasteiger partial charge on any atom is 0.366 e. The van der Waals surface area contributed by atoms with Crippen LogP contribution in [0.5, 0.6) is 17.2 Å². The molecule has 0 aliphatic rings. The lowest BCUT2D eigenvalue weighted by Gasteiger charge is -2.13. The van der Waals surface area contributed by atoms with Crippen molar-refractivity contribution in [3.63, 3.8) is 0 Å². The molecule has 0 aliphatic heterocycles. The molecular formula is C17H18N2O5. The van der Waals surface area contributed by atoms with E-state index in [1.54, 1.807) is 31.5 Å². The van der Waals surface area contributed by atoms with Crippen LogP contribution in [0.1, 0.15) is 22.8 Å². The minimum Gasteiger partial charge on any atom is -0.493 e. The zero-order chi connectivity index (χ0) is 17.5. The van der Waals surface area contributed by atoms with Gasteiger partial charge in [-0.05, 0) is 31.2 Å². The lowest BCUT2D eigenvalue weighted by molar-refractivity contribution is 0.0515. The maximum absolute atomic E-state index is 12.2. The van der Waals surface area contributed by atoms with Crippen LogP contribution in [0, 0.1) is 0 Å². The van der Waals surface area contributed by atoms with Gasteiger partial charge in [-0.3, -0.25) is 4.98 Å². The minimum absolute atomic E-state index is 0.232. The quantitative estimate of drug-likeness (QED) is 0.460. The Bertz CT molecular complexity index is 719. The SMILES string of the molecule is COc1cc(C(=O)O/N=C(\C)c2ccncc2)cc(OC)c1OC. The van der Waals surface area contributed by atoms with Crippen LogP contribution in [0.4, 0.5) is 0 Å². The molecule has 126 valence electrons. The highest BCUT2D eigenvalue weighted by Crippen LogP contribution is 2.38. The summed E-state index contributed by atoms with van der Waals surface area (Å²) in [5.74, 6) is 0.480. The molecule has 0 atom stereocenters. The van der Waals surface area contributed by atoms with Gasteiger partial charge < -0.3 is 19.0 Å². The van der Waals surface area contributed by atoms with Gasteiger partial charge in [-0.15, -0.1) is 0 Å². The summed E-state index contributed by atoms with van der Waals surface area (Å²) in [5, 5.41) is 3.85. The van der Waals surface area contributed by atoms with Gasteiger partial charge in [0.1, 0.15) is 0 Å². The van der Waals surface area contributed by atoms with Crippen molar-refractivity contribution in [2.24, 2.45) is 5.16 Å². The molecule has 2 rings (SSSR count). The van der Waals surface area contributed by atoms with E-state index in [-0.39, 0.29) is 5.56 Å². The monoisotopic (exact) mass is 330 g/mol. The lowest BCUT2D eigenvalue weighted by atomic mass is 10.2. The molecule has 0 saturated carbocycles. The second-order valence-corrected chi connectivity index (χ2v) is 4.71. The van der Waals surface area contributed by atoms with Crippen molar-refractivity contribution in [1.82, 2.24) is 4.98 Å². The Kier molecular flexibility index (Phi) is 5.73. The van der Waals surface area contributed by atoms with E-state index in [0.29, 0.717) is 23.0 Å². The lowest BCUT2D eigenvalue weighted by Crippen LogP contribution is -2.06. The average Bonchev–Trinajstić information content (AvgIpc) is 2.65. The predicted molar refractivity (Wildman–Crippen MR) is 88.0 cm³/mol. The number of oxime groups is 1. The molecular weight excluding hydrogens is 312 g/mol. The smallest absolute Gasteiger partial charge is 0.366 e. The predicted octanol–water partition coefficient (Wildman–Crippen LogP) is 2.69. The van der Waals surface area contributed by atoms with Crippen LogP contribution in [0.2, 0.25) is 0 Å². The van der Waals surface area contributed by atoms with E-state index < -0.39 is 5.97 Å². The zero-order valence-corrected chi connectivity index (χ0v) is 13.9. The number of hydrogen-bond donors (Lipinski definition) is 0. The molecule has 0 unspecified atom stereocenters. The number of benzene rings is 1. The molecule has 1 heterocycles. The Labute approximate surface area is 139 Å². The van der Waals surface area contributed by atoms with E-state index >= 15 is 0 Å². The van der Waals surface area contributed by atoms with E-state index in [4.69, 9.17) is 19.0 Å². The summed E-state index contributed by atoms with van der Waals surface area (Å²) in [6.07, 6.45) is 3.27. The maximum atomic E-state index is 12.2. The van der Waals surface area contributed by atoms with Crippen LogP contribution in [0.3, 0.4) is 0 Å². The van der Waals surface area contributed by atoms with Gasteiger partial charge in [-0.2, -0.15) is 0 Å². The number of carbonyl (C=O) groups excluding carboxylic acids is 1.